The predicted octanol–water partition coefficient (Wildman–Crippen LogP) is 3.01. The van der Waals surface area contributed by atoms with Crippen molar-refractivity contribution < 1.29 is 14.7 Å². The molecule has 1 aliphatic heterocycles. The summed E-state index contributed by atoms with van der Waals surface area (Å²) in [4.78, 5) is 25.6. The average molecular weight is 347 g/mol. The molecule has 2 heterocycles. The molecule has 1 amide bonds. The lowest BCUT2D eigenvalue weighted by molar-refractivity contribution is -0.139. The SMILES string of the molecule is O=C(O)C1CC12CCN(C(=O)Cn1ccc3ccc(Cl)cc31)CC2. The third-order valence-corrected chi connectivity index (χ3v) is 5.88. The third kappa shape index (κ3) is 2.57. The second-order valence-electron chi connectivity index (χ2n) is 6.98. The number of benzene rings is 1. The number of carbonyl (C=O) groups excluding carboxylic acids is 1. The molecule has 2 aromatic rings. The minimum absolute atomic E-state index is 0.0454. The standard InChI is InChI=1S/C18H19ClN2O3/c19-13-2-1-12-3-6-21(15(12)9-13)11-16(22)20-7-4-18(5-8-20)10-14(18)17(23)24/h1-3,6,9,14H,4-5,7-8,10-11H2,(H,23,24). The van der Waals surface area contributed by atoms with Crippen molar-refractivity contribution in [1.29, 1.82) is 0 Å². The Labute approximate surface area is 144 Å². The van der Waals surface area contributed by atoms with Crippen molar-refractivity contribution >= 4 is 34.4 Å². The van der Waals surface area contributed by atoms with Crippen LogP contribution in [0, 0.1) is 11.3 Å². The Balaban J connectivity index is 1.42. The number of rotatable bonds is 3. The number of nitrogens with zero attached hydrogens (tertiary/aromatic N) is 2. The van der Waals surface area contributed by atoms with Gasteiger partial charge in [0.1, 0.15) is 6.54 Å². The summed E-state index contributed by atoms with van der Waals surface area (Å²) in [5.41, 5.74) is 0.911. The molecule has 5 nitrogen and oxygen atoms in total. The highest BCUT2D eigenvalue weighted by Crippen LogP contribution is 2.59. The Hall–Kier alpha value is -2.01. The number of hydrogen-bond acceptors (Lipinski definition) is 2. The van der Waals surface area contributed by atoms with Crippen LogP contribution in [0.1, 0.15) is 19.3 Å². The van der Waals surface area contributed by atoms with E-state index in [9.17, 15) is 9.59 Å². The van der Waals surface area contributed by atoms with Gasteiger partial charge in [-0.1, -0.05) is 17.7 Å². The van der Waals surface area contributed by atoms with Gasteiger partial charge in [-0.15, -0.1) is 0 Å². The van der Waals surface area contributed by atoms with Crippen molar-refractivity contribution in [2.45, 2.75) is 25.8 Å². The lowest BCUT2D eigenvalue weighted by Gasteiger charge is -2.32. The molecule has 1 saturated carbocycles. The van der Waals surface area contributed by atoms with Crippen molar-refractivity contribution in [2.75, 3.05) is 13.1 Å². The number of halogens is 1. The molecule has 4 rings (SSSR count). The summed E-state index contributed by atoms with van der Waals surface area (Å²) in [5, 5.41) is 10.9. The van der Waals surface area contributed by atoms with E-state index in [4.69, 9.17) is 16.7 Å². The molecule has 126 valence electrons. The van der Waals surface area contributed by atoms with Crippen molar-refractivity contribution in [3.63, 3.8) is 0 Å². The quantitative estimate of drug-likeness (QED) is 0.929. The van der Waals surface area contributed by atoms with Crippen LogP contribution >= 0.6 is 11.6 Å². The Morgan fingerprint density at radius 2 is 2.00 bits per heavy atom. The van der Waals surface area contributed by atoms with Crippen LogP contribution in [0.5, 0.6) is 0 Å². The molecule has 1 aromatic carbocycles. The van der Waals surface area contributed by atoms with Crippen LogP contribution in [0.3, 0.4) is 0 Å². The van der Waals surface area contributed by atoms with Gasteiger partial charge in [-0.2, -0.15) is 0 Å². The highest BCUT2D eigenvalue weighted by Gasteiger charge is 2.59. The van der Waals surface area contributed by atoms with Crippen LogP contribution in [0.4, 0.5) is 0 Å². The molecule has 0 radical (unpaired) electrons. The van der Waals surface area contributed by atoms with Crippen LogP contribution in [0.2, 0.25) is 5.02 Å². The summed E-state index contributed by atoms with van der Waals surface area (Å²) >= 11 is 6.05. The molecule has 2 aliphatic rings. The van der Waals surface area contributed by atoms with E-state index in [2.05, 4.69) is 0 Å². The lowest BCUT2D eigenvalue weighted by atomic mass is 9.91. The first kappa shape index (κ1) is 15.5. The molecule has 1 atom stereocenters. The number of amides is 1. The van der Waals surface area contributed by atoms with Crippen molar-refractivity contribution in [1.82, 2.24) is 9.47 Å². The first-order chi connectivity index (χ1) is 11.5. The number of piperidine rings is 1. The van der Waals surface area contributed by atoms with Gasteiger partial charge in [-0.3, -0.25) is 9.59 Å². The summed E-state index contributed by atoms with van der Waals surface area (Å²) in [5.74, 6) is -0.814. The molecule has 1 unspecified atom stereocenters. The van der Waals surface area contributed by atoms with Gasteiger partial charge >= 0.3 is 5.97 Å². The van der Waals surface area contributed by atoms with Crippen LogP contribution < -0.4 is 0 Å². The van der Waals surface area contributed by atoms with Crippen LogP contribution in [-0.2, 0) is 16.1 Å². The van der Waals surface area contributed by atoms with Crippen molar-refractivity contribution in [2.24, 2.45) is 11.3 Å². The molecule has 2 fully saturated rings. The monoisotopic (exact) mass is 346 g/mol. The van der Waals surface area contributed by atoms with E-state index in [0.29, 0.717) is 24.7 Å². The zero-order valence-electron chi connectivity index (χ0n) is 13.2. The first-order valence-electron chi connectivity index (χ1n) is 8.23. The summed E-state index contributed by atoms with van der Waals surface area (Å²) in [6.07, 6.45) is 4.28. The number of carboxylic acid groups (broad SMARTS) is 1. The molecular weight excluding hydrogens is 328 g/mol. The van der Waals surface area contributed by atoms with Gasteiger partial charge in [-0.25, -0.2) is 0 Å². The molecule has 0 bridgehead atoms. The molecule has 6 heteroatoms. The smallest absolute Gasteiger partial charge is 0.307 e. The van der Waals surface area contributed by atoms with E-state index in [1.807, 2.05) is 39.9 Å². The number of carbonyl (C=O) groups is 2. The number of aliphatic carboxylic acids is 1. The number of carboxylic acids is 1. The fourth-order valence-electron chi connectivity index (χ4n) is 3.99. The van der Waals surface area contributed by atoms with Crippen LogP contribution in [-0.4, -0.2) is 39.5 Å². The molecule has 24 heavy (non-hydrogen) atoms. The number of likely N-dealkylation sites (tertiary alicyclic amines) is 1. The number of fused-ring (bicyclic) bond motifs is 1. The summed E-state index contributed by atoms with van der Waals surface area (Å²) in [6, 6.07) is 7.64. The number of aromatic nitrogens is 1. The van der Waals surface area contributed by atoms with Gasteiger partial charge in [0.05, 0.1) is 5.92 Å². The topological polar surface area (TPSA) is 62.5 Å². The zero-order valence-corrected chi connectivity index (χ0v) is 14.0. The maximum atomic E-state index is 12.6. The molecule has 1 spiro atoms. The minimum Gasteiger partial charge on any atom is -0.481 e. The normalized spacial score (nSPS) is 22.0. The summed E-state index contributed by atoms with van der Waals surface area (Å²) in [7, 11) is 0. The second kappa shape index (κ2) is 5.52. The summed E-state index contributed by atoms with van der Waals surface area (Å²) in [6.45, 7) is 1.60. The number of hydrogen-bond donors (Lipinski definition) is 1. The molecule has 1 aliphatic carbocycles. The molecule has 1 saturated heterocycles. The van der Waals surface area contributed by atoms with Crippen LogP contribution in [0.25, 0.3) is 10.9 Å². The van der Waals surface area contributed by atoms with Gasteiger partial charge in [0.15, 0.2) is 0 Å². The Morgan fingerprint density at radius 1 is 1.25 bits per heavy atom. The third-order valence-electron chi connectivity index (χ3n) is 5.64. The Bertz CT molecular complexity index is 821. The Morgan fingerprint density at radius 3 is 2.67 bits per heavy atom. The average Bonchev–Trinajstić information content (AvgIpc) is 3.13. The largest absolute Gasteiger partial charge is 0.481 e. The van der Waals surface area contributed by atoms with Gasteiger partial charge in [0.2, 0.25) is 5.91 Å². The van der Waals surface area contributed by atoms with E-state index in [1.165, 1.54) is 0 Å². The first-order valence-corrected chi connectivity index (χ1v) is 8.61. The van der Waals surface area contributed by atoms with Crippen molar-refractivity contribution in [3.05, 3.63) is 35.5 Å². The van der Waals surface area contributed by atoms with Gasteiger partial charge < -0.3 is 14.6 Å². The van der Waals surface area contributed by atoms with E-state index in [1.54, 1.807) is 0 Å². The molecule has 1 N–H and O–H groups in total. The molecule has 1 aromatic heterocycles. The van der Waals surface area contributed by atoms with Gasteiger partial charge in [0, 0.05) is 29.8 Å². The van der Waals surface area contributed by atoms with Crippen LogP contribution in [0.15, 0.2) is 30.5 Å². The maximum Gasteiger partial charge on any atom is 0.307 e. The second-order valence-corrected chi connectivity index (χ2v) is 7.42. The minimum atomic E-state index is -0.689. The Kier molecular flexibility index (Phi) is 3.57. The molecular formula is C18H19ClN2O3. The van der Waals surface area contributed by atoms with E-state index in [-0.39, 0.29) is 17.2 Å². The van der Waals surface area contributed by atoms with E-state index in [0.717, 1.165) is 30.2 Å². The highest BCUT2D eigenvalue weighted by molar-refractivity contribution is 6.31. The van der Waals surface area contributed by atoms with Crippen molar-refractivity contribution in [3.8, 4) is 0 Å². The zero-order chi connectivity index (χ0) is 16.9. The predicted molar refractivity (Wildman–Crippen MR) is 90.9 cm³/mol. The fraction of sp³-hybridized carbons (Fsp3) is 0.444. The van der Waals surface area contributed by atoms with Gasteiger partial charge in [0.25, 0.3) is 0 Å². The lowest BCUT2D eigenvalue weighted by Crippen LogP contribution is -2.41. The maximum absolute atomic E-state index is 12.6. The van der Waals surface area contributed by atoms with E-state index < -0.39 is 5.97 Å². The highest BCUT2D eigenvalue weighted by atomic mass is 35.5. The summed E-state index contributed by atoms with van der Waals surface area (Å²) < 4.78 is 1.92. The fourth-order valence-corrected chi connectivity index (χ4v) is 4.16. The van der Waals surface area contributed by atoms with Gasteiger partial charge in [-0.05, 0) is 48.3 Å². The van der Waals surface area contributed by atoms with E-state index >= 15 is 0 Å².